The van der Waals surface area contributed by atoms with Crippen LogP contribution in [0.2, 0.25) is 0 Å². The van der Waals surface area contributed by atoms with Crippen molar-refractivity contribution in [2.24, 2.45) is 11.8 Å². The van der Waals surface area contributed by atoms with Crippen molar-refractivity contribution in [3.63, 3.8) is 0 Å². The molecule has 0 spiro atoms. The molecule has 1 aromatic carbocycles. The molecule has 2 amide bonds. The van der Waals surface area contributed by atoms with Crippen molar-refractivity contribution in [3.8, 4) is 0 Å². The zero-order valence-corrected chi connectivity index (χ0v) is 11.4. The number of hydrogen-bond donors (Lipinski definition) is 1. The summed E-state index contributed by atoms with van der Waals surface area (Å²) in [6.45, 7) is 0. The SMILES string of the molecule is O=C(O)/C=C/c1ccc(N2C(=O)C3CCCC3C2=O)cc1. The average molecular weight is 285 g/mol. The molecule has 1 saturated heterocycles. The quantitative estimate of drug-likeness (QED) is 0.681. The van der Waals surface area contributed by atoms with Crippen LogP contribution in [0.1, 0.15) is 24.8 Å². The van der Waals surface area contributed by atoms with Gasteiger partial charge in [0, 0.05) is 6.08 Å². The number of nitrogens with zero attached hydrogens (tertiary/aromatic N) is 1. The number of rotatable bonds is 3. The number of amides is 2. The van der Waals surface area contributed by atoms with Crippen LogP contribution in [0.3, 0.4) is 0 Å². The fraction of sp³-hybridized carbons (Fsp3) is 0.312. The van der Waals surface area contributed by atoms with Crippen LogP contribution in [0.4, 0.5) is 5.69 Å². The lowest BCUT2D eigenvalue weighted by molar-refractivity contribution is -0.131. The van der Waals surface area contributed by atoms with Gasteiger partial charge >= 0.3 is 5.97 Å². The number of benzene rings is 1. The van der Waals surface area contributed by atoms with Gasteiger partial charge in [-0.1, -0.05) is 18.6 Å². The molecule has 5 heteroatoms. The molecule has 2 aliphatic rings. The summed E-state index contributed by atoms with van der Waals surface area (Å²) in [6, 6.07) is 6.75. The van der Waals surface area contributed by atoms with Gasteiger partial charge in [-0.25, -0.2) is 4.79 Å². The number of fused-ring (bicyclic) bond motifs is 1. The second-order valence-corrected chi connectivity index (χ2v) is 5.42. The lowest BCUT2D eigenvalue weighted by Crippen LogP contribution is -2.31. The van der Waals surface area contributed by atoms with Crippen molar-refractivity contribution in [2.45, 2.75) is 19.3 Å². The fourth-order valence-corrected chi connectivity index (χ4v) is 3.15. The second kappa shape index (κ2) is 5.16. The Hall–Kier alpha value is -2.43. The molecule has 2 fully saturated rings. The van der Waals surface area contributed by atoms with Gasteiger partial charge in [-0.15, -0.1) is 0 Å². The maximum Gasteiger partial charge on any atom is 0.328 e. The summed E-state index contributed by atoms with van der Waals surface area (Å²) in [5.74, 6) is -1.52. The summed E-state index contributed by atoms with van der Waals surface area (Å²) in [5, 5.41) is 8.58. The van der Waals surface area contributed by atoms with Gasteiger partial charge in [0.2, 0.25) is 11.8 Å². The molecule has 3 rings (SSSR count). The molecular formula is C16H15NO4. The topological polar surface area (TPSA) is 74.7 Å². The van der Waals surface area contributed by atoms with E-state index in [1.54, 1.807) is 24.3 Å². The molecule has 0 aromatic heterocycles. The van der Waals surface area contributed by atoms with Gasteiger partial charge in [0.05, 0.1) is 17.5 Å². The number of anilines is 1. The summed E-state index contributed by atoms with van der Waals surface area (Å²) >= 11 is 0. The van der Waals surface area contributed by atoms with Gasteiger partial charge in [0.25, 0.3) is 0 Å². The van der Waals surface area contributed by atoms with E-state index in [1.807, 2.05) is 0 Å². The molecule has 21 heavy (non-hydrogen) atoms. The highest BCUT2D eigenvalue weighted by Gasteiger charge is 2.50. The summed E-state index contributed by atoms with van der Waals surface area (Å²) < 4.78 is 0. The number of hydrogen-bond acceptors (Lipinski definition) is 3. The average Bonchev–Trinajstić information content (AvgIpc) is 3.03. The number of carbonyl (C=O) groups excluding carboxylic acids is 2. The molecule has 5 nitrogen and oxygen atoms in total. The van der Waals surface area contributed by atoms with E-state index >= 15 is 0 Å². The first-order chi connectivity index (χ1) is 10.1. The number of carboxylic acids is 1. The normalized spacial score (nSPS) is 24.9. The third kappa shape index (κ3) is 2.35. The molecule has 0 bridgehead atoms. The van der Waals surface area contributed by atoms with E-state index in [0.717, 1.165) is 25.3 Å². The van der Waals surface area contributed by atoms with Gasteiger partial charge in [-0.3, -0.25) is 14.5 Å². The standard InChI is InChI=1S/C16H15NO4/c18-14(19)9-6-10-4-7-11(8-5-10)17-15(20)12-2-1-3-13(12)16(17)21/h4-9,12-13H,1-3H2,(H,18,19)/b9-6+. The van der Waals surface area contributed by atoms with E-state index in [2.05, 4.69) is 0 Å². The van der Waals surface area contributed by atoms with E-state index in [0.29, 0.717) is 11.3 Å². The molecule has 0 radical (unpaired) electrons. The first-order valence-electron chi connectivity index (χ1n) is 6.97. The maximum absolute atomic E-state index is 12.3. The summed E-state index contributed by atoms with van der Waals surface area (Å²) in [7, 11) is 0. The minimum Gasteiger partial charge on any atom is -0.478 e. The molecule has 1 heterocycles. The molecule has 2 unspecified atom stereocenters. The van der Waals surface area contributed by atoms with Gasteiger partial charge in [-0.05, 0) is 36.6 Å². The van der Waals surface area contributed by atoms with Crippen molar-refractivity contribution in [2.75, 3.05) is 4.90 Å². The molecule has 1 saturated carbocycles. The van der Waals surface area contributed by atoms with Gasteiger partial charge in [0.15, 0.2) is 0 Å². The van der Waals surface area contributed by atoms with Gasteiger partial charge in [-0.2, -0.15) is 0 Å². The van der Waals surface area contributed by atoms with Crippen molar-refractivity contribution < 1.29 is 19.5 Å². The van der Waals surface area contributed by atoms with Crippen molar-refractivity contribution >= 4 is 29.5 Å². The Balaban J connectivity index is 1.83. The van der Waals surface area contributed by atoms with E-state index in [-0.39, 0.29) is 23.7 Å². The molecule has 1 N–H and O–H groups in total. The van der Waals surface area contributed by atoms with Crippen LogP contribution in [0, 0.1) is 11.8 Å². The van der Waals surface area contributed by atoms with E-state index in [1.165, 1.54) is 11.0 Å². The largest absolute Gasteiger partial charge is 0.478 e. The highest BCUT2D eigenvalue weighted by atomic mass is 16.4. The zero-order chi connectivity index (χ0) is 15.0. The van der Waals surface area contributed by atoms with Crippen LogP contribution in [-0.4, -0.2) is 22.9 Å². The van der Waals surface area contributed by atoms with Crippen LogP contribution >= 0.6 is 0 Å². The lowest BCUT2D eigenvalue weighted by Gasteiger charge is -2.15. The van der Waals surface area contributed by atoms with E-state index < -0.39 is 5.97 Å². The van der Waals surface area contributed by atoms with Crippen LogP contribution < -0.4 is 4.90 Å². The predicted octanol–water partition coefficient (Wildman–Crippen LogP) is 2.07. The van der Waals surface area contributed by atoms with Crippen LogP contribution in [0.15, 0.2) is 30.3 Å². The second-order valence-electron chi connectivity index (χ2n) is 5.42. The fourth-order valence-electron chi connectivity index (χ4n) is 3.15. The Morgan fingerprint density at radius 1 is 1.10 bits per heavy atom. The number of imide groups is 1. The molecule has 1 aliphatic carbocycles. The summed E-state index contributed by atoms with van der Waals surface area (Å²) in [5.41, 5.74) is 1.27. The van der Waals surface area contributed by atoms with Gasteiger partial charge in [0.1, 0.15) is 0 Å². The molecular weight excluding hydrogens is 270 g/mol. The Morgan fingerprint density at radius 2 is 1.67 bits per heavy atom. The third-order valence-electron chi connectivity index (χ3n) is 4.16. The molecule has 2 atom stereocenters. The summed E-state index contributed by atoms with van der Waals surface area (Å²) in [4.78, 5) is 36.4. The zero-order valence-electron chi connectivity index (χ0n) is 11.4. The van der Waals surface area contributed by atoms with Crippen molar-refractivity contribution in [1.82, 2.24) is 0 Å². The maximum atomic E-state index is 12.3. The Kier molecular flexibility index (Phi) is 3.33. The highest BCUT2D eigenvalue weighted by molar-refractivity contribution is 6.22. The van der Waals surface area contributed by atoms with E-state index in [9.17, 15) is 14.4 Å². The van der Waals surface area contributed by atoms with Crippen LogP contribution in [0.25, 0.3) is 6.08 Å². The molecule has 108 valence electrons. The lowest BCUT2D eigenvalue weighted by atomic mass is 10.00. The smallest absolute Gasteiger partial charge is 0.328 e. The monoisotopic (exact) mass is 285 g/mol. The molecule has 1 aliphatic heterocycles. The summed E-state index contributed by atoms with van der Waals surface area (Å²) in [6.07, 6.45) is 5.05. The van der Waals surface area contributed by atoms with Crippen LogP contribution in [0.5, 0.6) is 0 Å². The molecule has 1 aromatic rings. The number of aliphatic carboxylic acids is 1. The highest BCUT2D eigenvalue weighted by Crippen LogP contribution is 2.41. The minimum atomic E-state index is -1.02. The van der Waals surface area contributed by atoms with Crippen LogP contribution in [-0.2, 0) is 14.4 Å². The number of carbonyl (C=O) groups is 3. The third-order valence-corrected chi connectivity index (χ3v) is 4.16. The van der Waals surface area contributed by atoms with Crippen molar-refractivity contribution in [3.05, 3.63) is 35.9 Å². The Bertz CT molecular complexity index is 610. The Morgan fingerprint density at radius 3 is 2.19 bits per heavy atom. The Labute approximate surface area is 121 Å². The van der Waals surface area contributed by atoms with Crippen molar-refractivity contribution in [1.29, 1.82) is 0 Å². The predicted molar refractivity (Wildman–Crippen MR) is 76.4 cm³/mol. The van der Waals surface area contributed by atoms with E-state index in [4.69, 9.17) is 5.11 Å². The van der Waals surface area contributed by atoms with Gasteiger partial charge < -0.3 is 5.11 Å². The number of carboxylic acid groups (broad SMARTS) is 1. The first-order valence-corrected chi connectivity index (χ1v) is 6.97. The first kappa shape index (κ1) is 13.5. The minimum absolute atomic E-state index is 0.101.